The van der Waals surface area contributed by atoms with Gasteiger partial charge in [-0.2, -0.15) is 0 Å². The van der Waals surface area contributed by atoms with Crippen molar-refractivity contribution in [2.24, 2.45) is 0 Å². The van der Waals surface area contributed by atoms with Crippen molar-refractivity contribution in [3.8, 4) is 0 Å². The van der Waals surface area contributed by atoms with Gasteiger partial charge in [-0.1, -0.05) is 66.7 Å². The lowest BCUT2D eigenvalue weighted by atomic mass is 9.88. The molecule has 1 aromatic heterocycles. The second-order valence-electron chi connectivity index (χ2n) is 8.15. The summed E-state index contributed by atoms with van der Waals surface area (Å²) < 4.78 is 0. The van der Waals surface area contributed by atoms with Gasteiger partial charge in [-0.25, -0.2) is 9.97 Å². The summed E-state index contributed by atoms with van der Waals surface area (Å²) in [5.74, 6) is 1.10. The zero-order valence-corrected chi connectivity index (χ0v) is 16.4. The molecule has 6 rings (SSSR count). The number of aromatic nitrogens is 2. The first-order valence-corrected chi connectivity index (χ1v) is 10.5. The molecule has 0 bridgehead atoms. The Morgan fingerprint density at radius 3 is 2.76 bits per heavy atom. The monoisotopic (exact) mass is 377 g/mol. The Hall–Kier alpha value is -3.20. The van der Waals surface area contributed by atoms with Crippen LogP contribution in [0.5, 0.6) is 0 Å². The van der Waals surface area contributed by atoms with Crippen molar-refractivity contribution in [1.82, 2.24) is 9.97 Å². The molecule has 0 saturated carbocycles. The molecule has 3 nitrogen and oxygen atoms in total. The van der Waals surface area contributed by atoms with E-state index >= 15 is 0 Å². The lowest BCUT2D eigenvalue weighted by molar-refractivity contribution is 0.617. The molecule has 2 aromatic carbocycles. The van der Waals surface area contributed by atoms with Crippen LogP contribution in [0.4, 0.5) is 5.82 Å². The molecule has 1 unspecified atom stereocenters. The molecule has 3 heteroatoms. The maximum absolute atomic E-state index is 4.77. The van der Waals surface area contributed by atoms with Crippen LogP contribution in [-0.4, -0.2) is 22.6 Å². The maximum atomic E-state index is 4.77. The molecule has 2 heterocycles. The van der Waals surface area contributed by atoms with Crippen molar-refractivity contribution < 1.29 is 0 Å². The molecule has 0 saturated heterocycles. The van der Waals surface area contributed by atoms with E-state index in [0.29, 0.717) is 6.04 Å². The Bertz CT molecular complexity index is 1140. The van der Waals surface area contributed by atoms with Gasteiger partial charge >= 0.3 is 0 Å². The summed E-state index contributed by atoms with van der Waals surface area (Å²) in [6.45, 7) is 1.00. The second-order valence-corrected chi connectivity index (χ2v) is 8.15. The number of allylic oxidation sites excluding steroid dienone is 1. The van der Waals surface area contributed by atoms with Crippen LogP contribution in [0.1, 0.15) is 34.4 Å². The molecule has 0 radical (unpaired) electrons. The van der Waals surface area contributed by atoms with Crippen LogP contribution in [-0.2, 0) is 19.3 Å². The number of anilines is 1. The quantitative estimate of drug-likeness (QED) is 0.652. The fraction of sp³-hybridized carbons (Fsp3) is 0.231. The minimum atomic E-state index is 0.335. The smallest absolute Gasteiger partial charge is 0.140 e. The van der Waals surface area contributed by atoms with Gasteiger partial charge < -0.3 is 4.90 Å². The Morgan fingerprint density at radius 1 is 0.966 bits per heavy atom. The molecule has 3 aromatic rings. The molecule has 0 amide bonds. The number of benzene rings is 2. The average molecular weight is 377 g/mol. The van der Waals surface area contributed by atoms with Crippen LogP contribution in [0, 0.1) is 0 Å². The van der Waals surface area contributed by atoms with Crippen molar-refractivity contribution in [2.45, 2.75) is 31.7 Å². The maximum Gasteiger partial charge on any atom is 0.140 e. The first-order chi connectivity index (χ1) is 14.4. The predicted octanol–water partition coefficient (Wildman–Crippen LogP) is 4.88. The summed E-state index contributed by atoms with van der Waals surface area (Å²) in [6.07, 6.45) is 10.2. The lowest BCUT2D eigenvalue weighted by Gasteiger charge is -2.39. The SMILES string of the molecule is C1=Cc2c(ncnc2N2CCC3=C(Cc4ccccc43)C2Cc2ccccc2)C1. The molecule has 0 spiro atoms. The summed E-state index contributed by atoms with van der Waals surface area (Å²) in [5.41, 5.74) is 9.84. The van der Waals surface area contributed by atoms with Crippen molar-refractivity contribution in [3.05, 3.63) is 101 Å². The van der Waals surface area contributed by atoms with E-state index in [1.165, 1.54) is 22.3 Å². The van der Waals surface area contributed by atoms with Crippen LogP contribution >= 0.6 is 0 Å². The van der Waals surface area contributed by atoms with Gasteiger partial charge in [0.05, 0.1) is 11.7 Å². The largest absolute Gasteiger partial charge is 0.349 e. The van der Waals surface area contributed by atoms with Crippen LogP contribution in [0.3, 0.4) is 0 Å². The Morgan fingerprint density at radius 2 is 1.83 bits per heavy atom. The van der Waals surface area contributed by atoms with Crippen LogP contribution < -0.4 is 4.90 Å². The minimum Gasteiger partial charge on any atom is -0.349 e. The van der Waals surface area contributed by atoms with Crippen LogP contribution in [0.2, 0.25) is 0 Å². The summed E-state index contributed by atoms with van der Waals surface area (Å²) in [6, 6.07) is 20.2. The molecule has 3 aliphatic rings. The molecule has 142 valence electrons. The average Bonchev–Trinajstić information content (AvgIpc) is 3.39. The standard InChI is InChI=1S/C26H23N3/c1-2-7-18(8-3-1)15-25-23-16-19-9-4-5-10-20(19)21(23)13-14-29(25)26-22-11-6-12-24(22)27-17-28-26/h1-11,17,25H,12-16H2. The molecule has 29 heavy (non-hydrogen) atoms. The van der Waals surface area contributed by atoms with E-state index in [1.54, 1.807) is 17.5 Å². The van der Waals surface area contributed by atoms with Crippen molar-refractivity contribution in [1.29, 1.82) is 0 Å². The summed E-state index contributed by atoms with van der Waals surface area (Å²) in [7, 11) is 0. The highest BCUT2D eigenvalue weighted by atomic mass is 15.2. The van der Waals surface area contributed by atoms with Crippen LogP contribution in [0.25, 0.3) is 11.6 Å². The zero-order chi connectivity index (χ0) is 19.2. The van der Waals surface area contributed by atoms with E-state index in [1.807, 2.05) is 0 Å². The third-order valence-corrected chi connectivity index (χ3v) is 6.58. The first-order valence-electron chi connectivity index (χ1n) is 10.5. The van der Waals surface area contributed by atoms with Gasteiger partial charge in [-0.05, 0) is 47.1 Å². The highest BCUT2D eigenvalue weighted by Gasteiger charge is 2.36. The van der Waals surface area contributed by atoms with Gasteiger partial charge in [0.15, 0.2) is 0 Å². The number of nitrogens with zero attached hydrogens (tertiary/aromatic N) is 3. The molecule has 1 aliphatic heterocycles. The molecular weight excluding hydrogens is 354 g/mol. The lowest BCUT2D eigenvalue weighted by Crippen LogP contribution is -2.43. The zero-order valence-electron chi connectivity index (χ0n) is 16.4. The molecule has 1 atom stereocenters. The third-order valence-electron chi connectivity index (χ3n) is 6.58. The van der Waals surface area contributed by atoms with Gasteiger partial charge in [-0.3, -0.25) is 0 Å². The van der Waals surface area contributed by atoms with E-state index < -0.39 is 0 Å². The third kappa shape index (κ3) is 2.72. The van der Waals surface area contributed by atoms with Crippen molar-refractivity contribution >= 4 is 17.5 Å². The van der Waals surface area contributed by atoms with E-state index in [-0.39, 0.29) is 0 Å². The highest BCUT2D eigenvalue weighted by molar-refractivity contribution is 5.81. The Balaban J connectivity index is 1.46. The van der Waals surface area contributed by atoms with E-state index in [4.69, 9.17) is 4.98 Å². The first kappa shape index (κ1) is 16.7. The topological polar surface area (TPSA) is 29.0 Å². The summed E-state index contributed by atoms with van der Waals surface area (Å²) in [5, 5.41) is 0. The number of hydrogen-bond acceptors (Lipinski definition) is 3. The van der Waals surface area contributed by atoms with E-state index in [0.717, 1.165) is 43.7 Å². The minimum absolute atomic E-state index is 0.335. The summed E-state index contributed by atoms with van der Waals surface area (Å²) >= 11 is 0. The van der Waals surface area contributed by atoms with Gasteiger partial charge in [0.25, 0.3) is 0 Å². The van der Waals surface area contributed by atoms with E-state index in [2.05, 4.69) is 76.6 Å². The van der Waals surface area contributed by atoms with Crippen LogP contribution in [0.15, 0.2) is 72.6 Å². The molecular formula is C26H23N3. The Kier molecular flexibility index (Phi) is 3.86. The molecule has 0 N–H and O–H groups in total. The van der Waals surface area contributed by atoms with Gasteiger partial charge in [0, 0.05) is 18.5 Å². The number of hydrogen-bond donors (Lipinski definition) is 0. The van der Waals surface area contributed by atoms with Gasteiger partial charge in [-0.15, -0.1) is 0 Å². The normalized spacial score (nSPS) is 19.3. The second kappa shape index (κ2) is 6.70. The molecule has 2 aliphatic carbocycles. The number of fused-ring (bicyclic) bond motifs is 3. The predicted molar refractivity (Wildman–Crippen MR) is 118 cm³/mol. The van der Waals surface area contributed by atoms with Gasteiger partial charge in [0.2, 0.25) is 0 Å². The Labute approximate surface area is 171 Å². The highest BCUT2D eigenvalue weighted by Crippen LogP contribution is 2.43. The van der Waals surface area contributed by atoms with E-state index in [9.17, 15) is 0 Å². The summed E-state index contributed by atoms with van der Waals surface area (Å²) in [4.78, 5) is 11.8. The van der Waals surface area contributed by atoms with Crippen molar-refractivity contribution in [3.63, 3.8) is 0 Å². The number of rotatable bonds is 3. The molecule has 0 fully saturated rings. The van der Waals surface area contributed by atoms with Crippen molar-refractivity contribution in [2.75, 3.05) is 11.4 Å². The fourth-order valence-electron chi connectivity index (χ4n) is 5.24. The fourth-order valence-corrected chi connectivity index (χ4v) is 5.24. The van der Waals surface area contributed by atoms with Gasteiger partial charge in [0.1, 0.15) is 12.1 Å².